The Balaban J connectivity index is 1.98. The van der Waals surface area contributed by atoms with Crippen LogP contribution >= 0.6 is 0 Å². The third-order valence-electron chi connectivity index (χ3n) is 3.34. The Labute approximate surface area is 113 Å². The molecule has 0 amide bonds. The Morgan fingerprint density at radius 3 is 2.26 bits per heavy atom. The molecule has 0 heterocycles. The van der Waals surface area contributed by atoms with Crippen molar-refractivity contribution in [1.82, 2.24) is 0 Å². The van der Waals surface area contributed by atoms with Crippen molar-refractivity contribution >= 4 is 0 Å². The van der Waals surface area contributed by atoms with Gasteiger partial charge in [-0.15, -0.1) is 12.8 Å². The number of hydrogen-bond donors (Lipinski definition) is 0. The molecule has 0 atom stereocenters. The van der Waals surface area contributed by atoms with Crippen molar-refractivity contribution < 1.29 is 4.74 Å². The first-order valence-corrected chi connectivity index (χ1v) is 6.17. The van der Waals surface area contributed by atoms with Crippen molar-refractivity contribution in [2.75, 3.05) is 0 Å². The zero-order chi connectivity index (χ0) is 13.2. The van der Waals surface area contributed by atoms with E-state index in [2.05, 4.69) is 17.9 Å². The monoisotopic (exact) mass is 244 g/mol. The van der Waals surface area contributed by atoms with Crippen molar-refractivity contribution in [1.29, 1.82) is 0 Å². The van der Waals surface area contributed by atoms with Gasteiger partial charge in [-0.3, -0.25) is 0 Å². The highest BCUT2D eigenvalue weighted by Crippen LogP contribution is 2.34. The summed E-state index contributed by atoms with van der Waals surface area (Å²) in [5.41, 5.74) is 4.12. The number of benzene rings is 2. The second kappa shape index (κ2) is 4.56. The molecular formula is C18H12O. The molecule has 0 saturated heterocycles. The molecule has 0 spiro atoms. The van der Waals surface area contributed by atoms with Crippen molar-refractivity contribution in [3.8, 4) is 36.2 Å². The molecule has 2 aromatic carbocycles. The Bertz CT molecular complexity index is 694. The van der Waals surface area contributed by atoms with E-state index in [1.54, 1.807) is 6.07 Å². The minimum absolute atomic E-state index is 0.698. The van der Waals surface area contributed by atoms with E-state index in [1.807, 2.05) is 24.3 Å². The molecule has 0 N–H and O–H groups in total. The summed E-state index contributed by atoms with van der Waals surface area (Å²) in [6, 6.07) is 11.6. The van der Waals surface area contributed by atoms with Gasteiger partial charge in [-0.1, -0.05) is 24.0 Å². The molecule has 0 radical (unpaired) electrons. The maximum absolute atomic E-state index is 5.94. The predicted molar refractivity (Wildman–Crippen MR) is 76.2 cm³/mol. The highest BCUT2D eigenvalue weighted by Gasteiger charge is 2.18. The summed E-state index contributed by atoms with van der Waals surface area (Å²) in [6.07, 6.45) is 13.1. The lowest BCUT2D eigenvalue weighted by Gasteiger charge is -2.22. The molecule has 1 aliphatic carbocycles. The van der Waals surface area contributed by atoms with Crippen LogP contribution < -0.4 is 4.74 Å². The highest BCUT2D eigenvalue weighted by atomic mass is 16.5. The van der Waals surface area contributed by atoms with Gasteiger partial charge in [-0.05, 0) is 48.2 Å². The van der Waals surface area contributed by atoms with Crippen LogP contribution in [0.1, 0.15) is 22.3 Å². The van der Waals surface area contributed by atoms with Crippen LogP contribution in [0.4, 0.5) is 0 Å². The fraction of sp³-hybridized carbons (Fsp3) is 0.111. The van der Waals surface area contributed by atoms with E-state index < -0.39 is 0 Å². The molecule has 90 valence electrons. The summed E-state index contributed by atoms with van der Waals surface area (Å²) < 4.78 is 5.94. The van der Waals surface area contributed by atoms with Crippen molar-refractivity contribution in [3.05, 3.63) is 58.7 Å². The molecule has 0 bridgehead atoms. The number of ether oxygens (including phenoxy) is 1. The minimum atomic E-state index is 0.698. The molecule has 3 rings (SSSR count). The maximum atomic E-state index is 5.94. The van der Waals surface area contributed by atoms with Gasteiger partial charge in [0.1, 0.15) is 11.5 Å². The topological polar surface area (TPSA) is 9.23 Å². The first-order chi connectivity index (χ1) is 9.30. The number of fused-ring (bicyclic) bond motifs is 1. The standard InChI is InChI=1S/C18H12O/c1-3-13-10-14(4-2)12-16(11-13)19-18-7-5-6-15-8-9-17(15)18/h1-2,5-7,10-12H,8-9H2. The van der Waals surface area contributed by atoms with Gasteiger partial charge in [0.2, 0.25) is 0 Å². The van der Waals surface area contributed by atoms with Crippen LogP contribution in [0, 0.1) is 24.7 Å². The molecule has 0 aromatic heterocycles. The average Bonchev–Trinajstić information content (AvgIpc) is 2.40. The molecule has 2 aromatic rings. The van der Waals surface area contributed by atoms with Crippen LogP contribution in [-0.2, 0) is 12.8 Å². The summed E-state index contributed by atoms with van der Waals surface area (Å²) in [4.78, 5) is 0. The number of hydrogen-bond acceptors (Lipinski definition) is 1. The van der Waals surface area contributed by atoms with Crippen LogP contribution in [0.2, 0.25) is 0 Å². The van der Waals surface area contributed by atoms with E-state index in [0.717, 1.165) is 29.7 Å². The lowest BCUT2D eigenvalue weighted by atomic mass is 9.88. The van der Waals surface area contributed by atoms with Gasteiger partial charge in [0.15, 0.2) is 0 Å². The van der Waals surface area contributed by atoms with E-state index in [-0.39, 0.29) is 0 Å². The molecule has 19 heavy (non-hydrogen) atoms. The molecule has 0 unspecified atom stereocenters. The smallest absolute Gasteiger partial charge is 0.130 e. The van der Waals surface area contributed by atoms with Crippen LogP contribution in [-0.4, -0.2) is 0 Å². The average molecular weight is 244 g/mol. The normalized spacial score (nSPS) is 11.7. The van der Waals surface area contributed by atoms with Crippen LogP contribution in [0.3, 0.4) is 0 Å². The first kappa shape index (κ1) is 11.5. The summed E-state index contributed by atoms with van der Waals surface area (Å²) in [6.45, 7) is 0. The van der Waals surface area contributed by atoms with Crippen molar-refractivity contribution in [3.63, 3.8) is 0 Å². The quantitative estimate of drug-likeness (QED) is 0.734. The third-order valence-corrected chi connectivity index (χ3v) is 3.34. The Hall–Kier alpha value is -2.64. The van der Waals surface area contributed by atoms with Gasteiger partial charge in [0, 0.05) is 11.1 Å². The van der Waals surface area contributed by atoms with Gasteiger partial charge >= 0.3 is 0 Å². The summed E-state index contributed by atoms with van der Waals surface area (Å²) in [5, 5.41) is 0. The molecule has 0 fully saturated rings. The van der Waals surface area contributed by atoms with Gasteiger partial charge in [-0.25, -0.2) is 0 Å². The fourth-order valence-corrected chi connectivity index (χ4v) is 2.26. The second-order valence-corrected chi connectivity index (χ2v) is 4.53. The molecule has 1 aliphatic rings. The summed E-state index contributed by atoms with van der Waals surface area (Å²) in [5.74, 6) is 6.79. The van der Waals surface area contributed by atoms with E-state index in [4.69, 9.17) is 17.6 Å². The van der Waals surface area contributed by atoms with E-state index >= 15 is 0 Å². The Kier molecular flexibility index (Phi) is 2.75. The van der Waals surface area contributed by atoms with Crippen LogP contribution in [0.15, 0.2) is 36.4 Å². The number of rotatable bonds is 2. The highest BCUT2D eigenvalue weighted by molar-refractivity contribution is 5.51. The SMILES string of the molecule is C#Cc1cc(C#C)cc(Oc2cccc3c2CC3)c1. The Morgan fingerprint density at radius 2 is 1.68 bits per heavy atom. The van der Waals surface area contributed by atoms with E-state index in [9.17, 15) is 0 Å². The van der Waals surface area contributed by atoms with Gasteiger partial charge in [0.25, 0.3) is 0 Å². The molecule has 1 nitrogen and oxygen atoms in total. The molecular weight excluding hydrogens is 232 g/mol. The van der Waals surface area contributed by atoms with Crippen LogP contribution in [0.5, 0.6) is 11.5 Å². The molecule has 0 saturated carbocycles. The van der Waals surface area contributed by atoms with Crippen molar-refractivity contribution in [2.24, 2.45) is 0 Å². The number of terminal acetylenes is 2. The second-order valence-electron chi connectivity index (χ2n) is 4.53. The zero-order valence-electron chi connectivity index (χ0n) is 10.4. The number of aryl methyl sites for hydroxylation is 1. The lowest BCUT2D eigenvalue weighted by Crippen LogP contribution is -2.09. The van der Waals surface area contributed by atoms with Crippen molar-refractivity contribution in [2.45, 2.75) is 12.8 Å². The largest absolute Gasteiger partial charge is 0.457 e. The van der Waals surface area contributed by atoms with Gasteiger partial charge in [-0.2, -0.15) is 0 Å². The minimum Gasteiger partial charge on any atom is -0.457 e. The summed E-state index contributed by atoms with van der Waals surface area (Å²) in [7, 11) is 0. The zero-order valence-corrected chi connectivity index (χ0v) is 10.4. The predicted octanol–water partition coefficient (Wildman–Crippen LogP) is 3.54. The summed E-state index contributed by atoms with van der Waals surface area (Å²) >= 11 is 0. The van der Waals surface area contributed by atoms with E-state index in [0.29, 0.717) is 5.75 Å². The maximum Gasteiger partial charge on any atom is 0.130 e. The lowest BCUT2D eigenvalue weighted by molar-refractivity contribution is 0.470. The molecule has 0 aliphatic heterocycles. The fourth-order valence-electron chi connectivity index (χ4n) is 2.26. The van der Waals surface area contributed by atoms with Crippen LogP contribution in [0.25, 0.3) is 0 Å². The Morgan fingerprint density at radius 1 is 0.947 bits per heavy atom. The first-order valence-electron chi connectivity index (χ1n) is 6.17. The van der Waals surface area contributed by atoms with Gasteiger partial charge in [0.05, 0.1) is 0 Å². The third kappa shape index (κ3) is 2.07. The molecule has 1 heteroatoms. The van der Waals surface area contributed by atoms with Gasteiger partial charge < -0.3 is 4.74 Å². The van der Waals surface area contributed by atoms with E-state index in [1.165, 1.54) is 11.1 Å².